The molecule has 4 aromatic rings. The molecule has 172 valence electrons. The second-order valence-corrected chi connectivity index (χ2v) is 9.04. The number of benzene rings is 1. The summed E-state index contributed by atoms with van der Waals surface area (Å²) < 4.78 is 1.92. The van der Waals surface area contributed by atoms with Crippen molar-refractivity contribution in [3.05, 3.63) is 89.8 Å². The van der Waals surface area contributed by atoms with E-state index in [1.54, 1.807) is 29.8 Å². The van der Waals surface area contributed by atoms with Crippen molar-refractivity contribution >= 4 is 28.5 Å². The fraction of sp³-hybridized carbons (Fsp3) is 0.231. The highest BCUT2D eigenvalue weighted by Crippen LogP contribution is 2.23. The van der Waals surface area contributed by atoms with Gasteiger partial charge in [0.25, 0.3) is 0 Å². The minimum atomic E-state index is 0.0222. The summed E-state index contributed by atoms with van der Waals surface area (Å²) >= 11 is 1.64. The van der Waals surface area contributed by atoms with Gasteiger partial charge >= 0.3 is 0 Å². The second kappa shape index (κ2) is 10.4. The Morgan fingerprint density at radius 3 is 2.74 bits per heavy atom. The standard InChI is InChI=1S/C26H26N6OS/c33-24(30-13-5-14-31(16-15-30)26-28-12-17-34-26)10-9-23-20-32(19-21-6-2-1-3-7-21)29-25(23)22-8-4-11-27-18-22/h1-4,6-12,17-18,20H,5,13-16,19H2/b10-9+. The van der Waals surface area contributed by atoms with E-state index in [2.05, 4.69) is 27.0 Å². The Balaban J connectivity index is 1.33. The highest BCUT2D eigenvalue weighted by atomic mass is 32.1. The molecule has 5 rings (SSSR count). The minimum Gasteiger partial charge on any atom is -0.346 e. The van der Waals surface area contributed by atoms with Crippen molar-refractivity contribution < 1.29 is 4.79 Å². The van der Waals surface area contributed by atoms with Gasteiger partial charge in [-0.25, -0.2) is 4.98 Å². The number of nitrogens with zero attached hydrogens (tertiary/aromatic N) is 6. The van der Waals surface area contributed by atoms with Crippen LogP contribution in [0.1, 0.15) is 17.5 Å². The average Bonchev–Trinajstić information content (AvgIpc) is 3.48. The van der Waals surface area contributed by atoms with Gasteiger partial charge in [-0.05, 0) is 30.2 Å². The van der Waals surface area contributed by atoms with E-state index >= 15 is 0 Å². The van der Waals surface area contributed by atoms with Gasteiger partial charge in [0.1, 0.15) is 5.69 Å². The number of pyridine rings is 1. The maximum Gasteiger partial charge on any atom is 0.246 e. The largest absolute Gasteiger partial charge is 0.346 e. The van der Waals surface area contributed by atoms with Crippen LogP contribution in [0.25, 0.3) is 17.3 Å². The van der Waals surface area contributed by atoms with Gasteiger partial charge in [0.05, 0.1) is 6.54 Å². The third-order valence-corrected chi connectivity index (χ3v) is 6.65. The highest BCUT2D eigenvalue weighted by Gasteiger charge is 2.19. The SMILES string of the molecule is O=C(/C=C/c1cn(Cc2ccccc2)nc1-c1cccnc1)N1CCCN(c2nccs2)CC1. The Morgan fingerprint density at radius 1 is 1.03 bits per heavy atom. The van der Waals surface area contributed by atoms with Crippen molar-refractivity contribution in [1.29, 1.82) is 0 Å². The van der Waals surface area contributed by atoms with Crippen LogP contribution >= 0.6 is 11.3 Å². The zero-order valence-corrected chi connectivity index (χ0v) is 19.6. The van der Waals surface area contributed by atoms with Crippen LogP contribution in [0, 0.1) is 0 Å². The molecule has 0 bridgehead atoms. The van der Waals surface area contributed by atoms with Gasteiger partial charge < -0.3 is 9.80 Å². The van der Waals surface area contributed by atoms with Crippen LogP contribution in [0.4, 0.5) is 5.13 Å². The van der Waals surface area contributed by atoms with E-state index < -0.39 is 0 Å². The zero-order chi connectivity index (χ0) is 23.2. The number of hydrogen-bond donors (Lipinski definition) is 0. The van der Waals surface area contributed by atoms with Gasteiger partial charge in [-0.1, -0.05) is 30.3 Å². The number of aromatic nitrogens is 4. The van der Waals surface area contributed by atoms with Gasteiger partial charge in [0.2, 0.25) is 5.91 Å². The van der Waals surface area contributed by atoms with E-state index in [0.29, 0.717) is 13.1 Å². The van der Waals surface area contributed by atoms with Gasteiger partial charge in [0.15, 0.2) is 5.13 Å². The Hall–Kier alpha value is -3.78. The molecule has 0 aliphatic carbocycles. The van der Waals surface area contributed by atoms with E-state index in [0.717, 1.165) is 48.0 Å². The highest BCUT2D eigenvalue weighted by molar-refractivity contribution is 7.13. The smallest absolute Gasteiger partial charge is 0.246 e. The molecule has 1 aliphatic rings. The van der Waals surface area contributed by atoms with Gasteiger partial charge in [-0.2, -0.15) is 5.10 Å². The summed E-state index contributed by atoms with van der Waals surface area (Å²) in [5.74, 6) is 0.0222. The summed E-state index contributed by atoms with van der Waals surface area (Å²) in [6.07, 6.45) is 11.8. The zero-order valence-electron chi connectivity index (χ0n) is 18.8. The minimum absolute atomic E-state index is 0.0222. The first-order valence-electron chi connectivity index (χ1n) is 11.4. The molecular weight excluding hydrogens is 444 g/mol. The van der Waals surface area contributed by atoms with Crippen molar-refractivity contribution in [2.45, 2.75) is 13.0 Å². The third kappa shape index (κ3) is 5.23. The number of carbonyl (C=O) groups is 1. The molecule has 0 unspecified atom stereocenters. The third-order valence-electron chi connectivity index (χ3n) is 5.82. The number of thiazole rings is 1. The summed E-state index contributed by atoms with van der Waals surface area (Å²) in [5, 5.41) is 7.82. The molecule has 1 amide bonds. The topological polar surface area (TPSA) is 67.2 Å². The van der Waals surface area contributed by atoms with Crippen LogP contribution in [-0.2, 0) is 11.3 Å². The van der Waals surface area contributed by atoms with Gasteiger partial charge in [0, 0.05) is 73.5 Å². The molecule has 0 saturated carbocycles. The monoisotopic (exact) mass is 470 g/mol. The molecule has 3 aromatic heterocycles. The van der Waals surface area contributed by atoms with E-state index in [1.807, 2.05) is 63.8 Å². The van der Waals surface area contributed by atoms with Gasteiger partial charge in [-0.15, -0.1) is 11.3 Å². The van der Waals surface area contributed by atoms with Crippen LogP contribution in [0.3, 0.4) is 0 Å². The lowest BCUT2D eigenvalue weighted by Crippen LogP contribution is -2.34. The molecular formula is C26H26N6OS. The Bertz CT molecular complexity index is 1240. The summed E-state index contributed by atoms with van der Waals surface area (Å²) in [7, 11) is 0. The molecule has 0 spiro atoms. The Kier molecular flexibility index (Phi) is 6.76. The molecule has 0 radical (unpaired) electrons. The number of carbonyl (C=O) groups excluding carboxylic acids is 1. The van der Waals surface area contributed by atoms with E-state index in [1.165, 1.54) is 5.56 Å². The normalized spacial score (nSPS) is 14.5. The van der Waals surface area contributed by atoms with Gasteiger partial charge in [-0.3, -0.25) is 14.5 Å². The van der Waals surface area contributed by atoms with Crippen molar-refractivity contribution in [2.75, 3.05) is 31.1 Å². The average molecular weight is 471 g/mol. The number of amides is 1. The predicted octanol–water partition coefficient (Wildman–Crippen LogP) is 4.20. The molecule has 1 aromatic carbocycles. The number of hydrogen-bond acceptors (Lipinski definition) is 6. The van der Waals surface area contributed by atoms with Crippen molar-refractivity contribution in [2.24, 2.45) is 0 Å². The number of anilines is 1. The van der Waals surface area contributed by atoms with Crippen molar-refractivity contribution in [3.8, 4) is 11.3 Å². The van der Waals surface area contributed by atoms with Crippen molar-refractivity contribution in [3.63, 3.8) is 0 Å². The summed E-state index contributed by atoms with van der Waals surface area (Å²) in [6.45, 7) is 3.80. The second-order valence-electron chi connectivity index (χ2n) is 8.17. The lowest BCUT2D eigenvalue weighted by atomic mass is 10.1. The first-order chi connectivity index (χ1) is 16.8. The Labute approximate surface area is 203 Å². The fourth-order valence-corrected chi connectivity index (χ4v) is 4.80. The van der Waals surface area contributed by atoms with Crippen LogP contribution < -0.4 is 4.90 Å². The molecule has 0 atom stereocenters. The lowest BCUT2D eigenvalue weighted by Gasteiger charge is -2.20. The summed E-state index contributed by atoms with van der Waals surface area (Å²) in [6, 6.07) is 14.1. The first kappa shape index (κ1) is 22.0. The first-order valence-corrected chi connectivity index (χ1v) is 12.3. The molecule has 34 heavy (non-hydrogen) atoms. The van der Waals surface area contributed by atoms with E-state index in [4.69, 9.17) is 5.10 Å². The Morgan fingerprint density at radius 2 is 1.94 bits per heavy atom. The van der Waals surface area contributed by atoms with Crippen LogP contribution in [0.5, 0.6) is 0 Å². The summed E-state index contributed by atoms with van der Waals surface area (Å²) in [5.41, 5.74) is 3.81. The number of rotatable bonds is 6. The van der Waals surface area contributed by atoms with E-state index in [-0.39, 0.29) is 5.91 Å². The lowest BCUT2D eigenvalue weighted by molar-refractivity contribution is -0.125. The van der Waals surface area contributed by atoms with Crippen LogP contribution in [-0.4, -0.2) is 56.7 Å². The maximum absolute atomic E-state index is 13.0. The van der Waals surface area contributed by atoms with Crippen molar-refractivity contribution in [1.82, 2.24) is 24.6 Å². The molecule has 1 saturated heterocycles. The molecule has 7 nitrogen and oxygen atoms in total. The van der Waals surface area contributed by atoms with E-state index in [9.17, 15) is 4.79 Å². The fourth-order valence-electron chi connectivity index (χ4n) is 4.11. The summed E-state index contributed by atoms with van der Waals surface area (Å²) in [4.78, 5) is 25.9. The molecule has 1 fully saturated rings. The maximum atomic E-state index is 13.0. The quantitative estimate of drug-likeness (QED) is 0.395. The molecule has 0 N–H and O–H groups in total. The predicted molar refractivity (Wildman–Crippen MR) is 136 cm³/mol. The van der Waals surface area contributed by atoms with Crippen LogP contribution in [0.15, 0.2) is 78.7 Å². The molecule has 1 aliphatic heterocycles. The molecule has 8 heteroatoms. The van der Waals surface area contributed by atoms with Crippen LogP contribution in [0.2, 0.25) is 0 Å². The molecule has 4 heterocycles.